The number of amides is 1. The molecule has 0 saturated carbocycles. The SMILES string of the molecule is CCN(CC)C(=O)C(C)Nc1ccccc1Br. The van der Waals surface area contributed by atoms with Gasteiger partial charge in [-0.1, -0.05) is 12.1 Å². The van der Waals surface area contributed by atoms with E-state index in [2.05, 4.69) is 21.2 Å². The van der Waals surface area contributed by atoms with Crippen LogP contribution in [-0.2, 0) is 4.79 Å². The maximum absolute atomic E-state index is 12.1. The quantitative estimate of drug-likeness (QED) is 0.906. The lowest BCUT2D eigenvalue weighted by molar-refractivity contribution is -0.131. The van der Waals surface area contributed by atoms with Crippen LogP contribution >= 0.6 is 15.9 Å². The van der Waals surface area contributed by atoms with Gasteiger partial charge in [0.05, 0.1) is 0 Å². The summed E-state index contributed by atoms with van der Waals surface area (Å²) in [6.45, 7) is 7.37. The molecule has 0 radical (unpaired) electrons. The second-order valence-electron chi connectivity index (χ2n) is 3.86. The summed E-state index contributed by atoms with van der Waals surface area (Å²) in [5, 5.41) is 3.22. The Labute approximate surface area is 111 Å². The normalized spacial score (nSPS) is 12.0. The zero-order valence-electron chi connectivity index (χ0n) is 10.5. The molecule has 1 unspecified atom stereocenters. The first-order valence-corrected chi connectivity index (χ1v) is 6.69. The summed E-state index contributed by atoms with van der Waals surface area (Å²) in [5.74, 6) is 0.130. The Bertz CT molecular complexity index is 377. The van der Waals surface area contributed by atoms with Crippen LogP contribution in [0.25, 0.3) is 0 Å². The van der Waals surface area contributed by atoms with Gasteiger partial charge in [0, 0.05) is 23.2 Å². The van der Waals surface area contributed by atoms with E-state index in [-0.39, 0.29) is 11.9 Å². The zero-order valence-corrected chi connectivity index (χ0v) is 12.1. The second-order valence-corrected chi connectivity index (χ2v) is 4.71. The fourth-order valence-corrected chi connectivity index (χ4v) is 2.08. The van der Waals surface area contributed by atoms with Crippen LogP contribution in [0.4, 0.5) is 5.69 Å². The smallest absolute Gasteiger partial charge is 0.244 e. The fourth-order valence-electron chi connectivity index (χ4n) is 1.68. The number of halogens is 1. The summed E-state index contributed by atoms with van der Waals surface area (Å²) in [5.41, 5.74) is 0.945. The molecule has 17 heavy (non-hydrogen) atoms. The molecule has 0 aliphatic heterocycles. The van der Waals surface area contributed by atoms with Gasteiger partial charge in [-0.05, 0) is 48.8 Å². The van der Waals surface area contributed by atoms with E-state index in [1.165, 1.54) is 0 Å². The predicted octanol–water partition coefficient (Wildman–Crippen LogP) is 3.12. The van der Waals surface area contributed by atoms with Crippen molar-refractivity contribution in [1.82, 2.24) is 4.90 Å². The molecule has 1 rings (SSSR count). The molecule has 94 valence electrons. The number of carbonyl (C=O) groups excluding carboxylic acids is 1. The molecule has 1 aromatic carbocycles. The van der Waals surface area contributed by atoms with E-state index >= 15 is 0 Å². The average Bonchev–Trinajstić information content (AvgIpc) is 2.33. The molecular formula is C13H19BrN2O. The number of nitrogens with one attached hydrogen (secondary N) is 1. The van der Waals surface area contributed by atoms with Crippen LogP contribution in [0.2, 0.25) is 0 Å². The van der Waals surface area contributed by atoms with Crippen LogP contribution < -0.4 is 5.32 Å². The number of likely N-dealkylation sites (N-methyl/N-ethyl adjacent to an activating group) is 1. The fraction of sp³-hybridized carbons (Fsp3) is 0.462. The standard InChI is InChI=1S/C13H19BrN2O/c1-4-16(5-2)13(17)10(3)15-12-9-7-6-8-11(12)14/h6-10,15H,4-5H2,1-3H3. The Morgan fingerprint density at radius 2 is 1.94 bits per heavy atom. The summed E-state index contributed by atoms with van der Waals surface area (Å²) >= 11 is 3.46. The Hall–Kier alpha value is -1.03. The van der Waals surface area contributed by atoms with Crippen molar-refractivity contribution in [3.63, 3.8) is 0 Å². The first-order valence-electron chi connectivity index (χ1n) is 5.90. The highest BCUT2D eigenvalue weighted by molar-refractivity contribution is 9.10. The molecule has 3 nitrogen and oxygen atoms in total. The number of nitrogens with zero attached hydrogens (tertiary/aromatic N) is 1. The Balaban J connectivity index is 2.69. The van der Waals surface area contributed by atoms with Crippen LogP contribution in [0.1, 0.15) is 20.8 Å². The van der Waals surface area contributed by atoms with Crippen molar-refractivity contribution < 1.29 is 4.79 Å². The molecule has 0 saturated heterocycles. The van der Waals surface area contributed by atoms with Crippen molar-refractivity contribution in [2.45, 2.75) is 26.8 Å². The predicted molar refractivity (Wildman–Crippen MR) is 75.2 cm³/mol. The zero-order chi connectivity index (χ0) is 12.8. The molecule has 0 spiro atoms. The highest BCUT2D eigenvalue weighted by Crippen LogP contribution is 2.22. The minimum Gasteiger partial charge on any atom is -0.373 e. The van der Waals surface area contributed by atoms with Gasteiger partial charge in [0.2, 0.25) is 5.91 Å². The molecule has 0 aliphatic carbocycles. The molecule has 4 heteroatoms. The van der Waals surface area contributed by atoms with Crippen LogP contribution in [-0.4, -0.2) is 29.9 Å². The number of rotatable bonds is 5. The van der Waals surface area contributed by atoms with Crippen molar-refractivity contribution in [3.8, 4) is 0 Å². The molecule has 1 aromatic rings. The first-order chi connectivity index (χ1) is 8.10. The van der Waals surface area contributed by atoms with Crippen molar-refractivity contribution in [2.24, 2.45) is 0 Å². The van der Waals surface area contributed by atoms with Gasteiger partial charge >= 0.3 is 0 Å². The summed E-state index contributed by atoms with van der Waals surface area (Å²) in [7, 11) is 0. The molecule has 1 amide bonds. The molecule has 0 bridgehead atoms. The maximum atomic E-state index is 12.1. The second kappa shape index (κ2) is 6.64. The van der Waals surface area contributed by atoms with Gasteiger partial charge in [-0.3, -0.25) is 4.79 Å². The molecular weight excluding hydrogens is 280 g/mol. The molecule has 0 aromatic heterocycles. The van der Waals surface area contributed by atoms with Crippen LogP contribution in [0, 0.1) is 0 Å². The number of hydrogen-bond donors (Lipinski definition) is 1. The molecule has 0 aliphatic rings. The molecule has 0 fully saturated rings. The van der Waals surface area contributed by atoms with Gasteiger partial charge in [0.25, 0.3) is 0 Å². The van der Waals surface area contributed by atoms with Gasteiger partial charge in [0.15, 0.2) is 0 Å². The summed E-state index contributed by atoms with van der Waals surface area (Å²) in [6.07, 6.45) is 0. The largest absolute Gasteiger partial charge is 0.373 e. The maximum Gasteiger partial charge on any atom is 0.244 e. The minimum atomic E-state index is -0.214. The third-order valence-electron chi connectivity index (χ3n) is 2.69. The van der Waals surface area contributed by atoms with Crippen molar-refractivity contribution >= 4 is 27.5 Å². The van der Waals surface area contributed by atoms with Gasteiger partial charge in [-0.25, -0.2) is 0 Å². The van der Waals surface area contributed by atoms with Crippen LogP contribution in [0.5, 0.6) is 0 Å². The van der Waals surface area contributed by atoms with E-state index in [0.717, 1.165) is 23.2 Å². The van der Waals surface area contributed by atoms with Gasteiger partial charge in [0.1, 0.15) is 6.04 Å². The lowest BCUT2D eigenvalue weighted by Crippen LogP contribution is -2.41. The van der Waals surface area contributed by atoms with E-state index in [4.69, 9.17) is 0 Å². The van der Waals surface area contributed by atoms with Crippen molar-refractivity contribution in [1.29, 1.82) is 0 Å². The van der Waals surface area contributed by atoms with E-state index < -0.39 is 0 Å². The number of para-hydroxylation sites is 1. The highest BCUT2D eigenvalue weighted by atomic mass is 79.9. The van der Waals surface area contributed by atoms with E-state index in [0.29, 0.717) is 0 Å². The third kappa shape index (κ3) is 3.73. The molecule has 1 N–H and O–H groups in total. The Kier molecular flexibility index (Phi) is 5.48. The number of benzene rings is 1. The topological polar surface area (TPSA) is 32.3 Å². The van der Waals surface area contributed by atoms with Crippen LogP contribution in [0.15, 0.2) is 28.7 Å². The van der Waals surface area contributed by atoms with Crippen molar-refractivity contribution in [3.05, 3.63) is 28.7 Å². The average molecular weight is 299 g/mol. The first kappa shape index (κ1) is 14.0. The minimum absolute atomic E-state index is 0.130. The van der Waals surface area contributed by atoms with Crippen LogP contribution in [0.3, 0.4) is 0 Å². The number of anilines is 1. The Morgan fingerprint density at radius 1 is 1.35 bits per heavy atom. The van der Waals surface area contributed by atoms with E-state index in [1.54, 1.807) is 0 Å². The lowest BCUT2D eigenvalue weighted by Gasteiger charge is -2.24. The Morgan fingerprint density at radius 3 is 2.47 bits per heavy atom. The number of hydrogen-bond acceptors (Lipinski definition) is 2. The summed E-state index contributed by atoms with van der Waals surface area (Å²) in [6, 6.07) is 7.59. The van der Waals surface area contributed by atoms with Gasteiger partial charge < -0.3 is 10.2 Å². The van der Waals surface area contributed by atoms with Crippen molar-refractivity contribution in [2.75, 3.05) is 18.4 Å². The monoisotopic (exact) mass is 298 g/mol. The van der Waals surface area contributed by atoms with Gasteiger partial charge in [-0.2, -0.15) is 0 Å². The van der Waals surface area contributed by atoms with E-state index in [1.807, 2.05) is 49.9 Å². The lowest BCUT2D eigenvalue weighted by atomic mass is 10.2. The van der Waals surface area contributed by atoms with E-state index in [9.17, 15) is 4.79 Å². The number of carbonyl (C=O) groups is 1. The summed E-state index contributed by atoms with van der Waals surface area (Å²) < 4.78 is 0.971. The third-order valence-corrected chi connectivity index (χ3v) is 3.38. The highest BCUT2D eigenvalue weighted by Gasteiger charge is 2.18. The molecule has 1 atom stereocenters. The summed E-state index contributed by atoms with van der Waals surface area (Å²) in [4.78, 5) is 13.9. The molecule has 0 heterocycles. The van der Waals surface area contributed by atoms with Gasteiger partial charge in [-0.15, -0.1) is 0 Å².